The lowest BCUT2D eigenvalue weighted by Crippen LogP contribution is -1.94. The van der Waals surface area contributed by atoms with Gasteiger partial charge in [0.2, 0.25) is 0 Å². The van der Waals surface area contributed by atoms with Crippen molar-refractivity contribution in [3.05, 3.63) is 22.7 Å². The molecule has 0 aliphatic rings. The zero-order valence-corrected chi connectivity index (χ0v) is 6.32. The summed E-state index contributed by atoms with van der Waals surface area (Å²) < 4.78 is 36.5. The molecule has 1 aromatic rings. The Kier molecular flexibility index (Phi) is 2.42. The summed E-state index contributed by atoms with van der Waals surface area (Å²) in [6.07, 6.45) is -2.37. The van der Waals surface area contributed by atoms with E-state index in [0.717, 1.165) is 0 Å². The molecular formula is C6H3ClF3NO. The Morgan fingerprint density at radius 1 is 1.50 bits per heavy atom. The van der Waals surface area contributed by atoms with Crippen molar-refractivity contribution in [3.63, 3.8) is 0 Å². The van der Waals surface area contributed by atoms with Gasteiger partial charge in [0.15, 0.2) is 11.6 Å². The monoisotopic (exact) mass is 197 g/mol. The van der Waals surface area contributed by atoms with Crippen LogP contribution in [0.2, 0.25) is 5.02 Å². The number of rotatable bonds is 1. The first-order chi connectivity index (χ1) is 5.54. The Bertz CT molecular complexity index is 305. The average molecular weight is 198 g/mol. The zero-order chi connectivity index (χ0) is 9.30. The minimum absolute atomic E-state index is 0.586. The SMILES string of the molecule is Oc1cnc(C(F)F)c(Cl)c1F. The number of aromatic hydroxyl groups is 1. The van der Waals surface area contributed by atoms with Gasteiger partial charge in [-0.25, -0.2) is 18.2 Å². The largest absolute Gasteiger partial charge is 0.504 e. The molecular weight excluding hydrogens is 195 g/mol. The highest BCUT2D eigenvalue weighted by Gasteiger charge is 2.19. The van der Waals surface area contributed by atoms with Crippen LogP contribution in [0.5, 0.6) is 5.75 Å². The van der Waals surface area contributed by atoms with E-state index >= 15 is 0 Å². The Morgan fingerprint density at radius 3 is 2.58 bits per heavy atom. The summed E-state index contributed by atoms with van der Waals surface area (Å²) in [6, 6.07) is 0. The zero-order valence-electron chi connectivity index (χ0n) is 5.56. The van der Waals surface area contributed by atoms with E-state index in [1.54, 1.807) is 0 Å². The highest BCUT2D eigenvalue weighted by atomic mass is 35.5. The molecule has 0 spiro atoms. The summed E-state index contributed by atoms with van der Waals surface area (Å²) in [5.41, 5.74) is -0.869. The molecule has 0 fully saturated rings. The van der Waals surface area contributed by atoms with Gasteiger partial charge in [-0.2, -0.15) is 0 Å². The van der Waals surface area contributed by atoms with Crippen molar-refractivity contribution in [1.29, 1.82) is 0 Å². The molecule has 6 heteroatoms. The van der Waals surface area contributed by atoms with Gasteiger partial charge < -0.3 is 5.11 Å². The van der Waals surface area contributed by atoms with E-state index in [1.807, 2.05) is 0 Å². The van der Waals surface area contributed by atoms with Gasteiger partial charge in [-0.05, 0) is 0 Å². The third-order valence-corrected chi connectivity index (χ3v) is 1.53. The second-order valence-electron chi connectivity index (χ2n) is 1.96. The number of aromatic nitrogens is 1. The van der Waals surface area contributed by atoms with Crippen LogP contribution in [0.25, 0.3) is 0 Å². The maximum Gasteiger partial charge on any atom is 0.281 e. The highest BCUT2D eigenvalue weighted by Crippen LogP contribution is 2.30. The maximum atomic E-state index is 12.6. The molecule has 2 nitrogen and oxygen atoms in total. The maximum absolute atomic E-state index is 12.6. The summed E-state index contributed by atoms with van der Waals surface area (Å²) in [7, 11) is 0. The standard InChI is InChI=1S/C6H3ClF3NO/c7-3-4(8)2(12)1-11-5(3)6(9)10/h1,6,12H. The topological polar surface area (TPSA) is 33.1 Å². The lowest BCUT2D eigenvalue weighted by molar-refractivity contribution is 0.145. The lowest BCUT2D eigenvalue weighted by Gasteiger charge is -2.02. The fourth-order valence-electron chi connectivity index (χ4n) is 0.621. The fourth-order valence-corrected chi connectivity index (χ4v) is 0.849. The molecule has 1 rings (SSSR count). The second kappa shape index (κ2) is 3.18. The molecule has 12 heavy (non-hydrogen) atoms. The van der Waals surface area contributed by atoms with Gasteiger partial charge in [-0.3, -0.25) is 0 Å². The highest BCUT2D eigenvalue weighted by molar-refractivity contribution is 6.31. The summed E-state index contributed by atoms with van der Waals surface area (Å²) in [4.78, 5) is 3.07. The molecule has 1 heterocycles. The number of hydrogen-bond acceptors (Lipinski definition) is 2. The molecule has 0 radical (unpaired) electrons. The predicted octanol–water partition coefficient (Wildman–Crippen LogP) is 2.52. The Morgan fingerprint density at radius 2 is 2.08 bits per heavy atom. The normalized spacial score (nSPS) is 10.8. The molecule has 0 aliphatic carbocycles. The van der Waals surface area contributed by atoms with Crippen LogP contribution in [-0.2, 0) is 0 Å². The van der Waals surface area contributed by atoms with E-state index in [9.17, 15) is 13.2 Å². The number of pyridine rings is 1. The van der Waals surface area contributed by atoms with Crippen LogP contribution in [0.15, 0.2) is 6.20 Å². The molecule has 1 aromatic heterocycles. The molecule has 66 valence electrons. The van der Waals surface area contributed by atoms with E-state index in [0.29, 0.717) is 6.20 Å². The van der Waals surface area contributed by atoms with Gasteiger partial charge in [0.05, 0.1) is 6.20 Å². The van der Waals surface area contributed by atoms with Crippen molar-refractivity contribution in [1.82, 2.24) is 4.98 Å². The van der Waals surface area contributed by atoms with Gasteiger partial charge in [-0.15, -0.1) is 0 Å². The van der Waals surface area contributed by atoms with E-state index in [4.69, 9.17) is 16.7 Å². The van der Waals surface area contributed by atoms with E-state index in [1.165, 1.54) is 0 Å². The predicted molar refractivity (Wildman–Crippen MR) is 35.8 cm³/mol. The van der Waals surface area contributed by atoms with Crippen molar-refractivity contribution in [2.45, 2.75) is 6.43 Å². The average Bonchev–Trinajstić information content (AvgIpc) is 2.00. The first-order valence-corrected chi connectivity index (χ1v) is 3.23. The van der Waals surface area contributed by atoms with Crippen LogP contribution >= 0.6 is 11.6 Å². The van der Waals surface area contributed by atoms with Crippen molar-refractivity contribution >= 4 is 11.6 Å². The van der Waals surface area contributed by atoms with E-state index in [2.05, 4.69) is 4.98 Å². The number of halogens is 4. The van der Waals surface area contributed by atoms with Crippen LogP contribution in [0.1, 0.15) is 12.1 Å². The number of alkyl halides is 2. The third-order valence-electron chi connectivity index (χ3n) is 1.18. The fraction of sp³-hybridized carbons (Fsp3) is 0.167. The lowest BCUT2D eigenvalue weighted by atomic mass is 10.3. The molecule has 0 amide bonds. The molecule has 1 N–H and O–H groups in total. The molecule has 0 atom stereocenters. The molecule has 0 aliphatic heterocycles. The smallest absolute Gasteiger partial charge is 0.281 e. The molecule has 0 saturated heterocycles. The van der Waals surface area contributed by atoms with Crippen molar-refractivity contribution in [2.24, 2.45) is 0 Å². The summed E-state index contributed by atoms with van der Waals surface area (Å²) in [5, 5.41) is 7.80. The Balaban J connectivity index is 3.27. The van der Waals surface area contributed by atoms with Crippen LogP contribution in [0.4, 0.5) is 13.2 Å². The van der Waals surface area contributed by atoms with Crippen molar-refractivity contribution in [3.8, 4) is 5.75 Å². The first kappa shape index (κ1) is 9.12. The Hall–Kier alpha value is -0.970. The van der Waals surface area contributed by atoms with Gasteiger partial charge >= 0.3 is 0 Å². The van der Waals surface area contributed by atoms with Crippen molar-refractivity contribution < 1.29 is 18.3 Å². The van der Waals surface area contributed by atoms with Crippen LogP contribution in [0, 0.1) is 5.82 Å². The first-order valence-electron chi connectivity index (χ1n) is 2.85. The van der Waals surface area contributed by atoms with Crippen LogP contribution < -0.4 is 0 Å². The number of nitrogens with zero attached hydrogens (tertiary/aromatic N) is 1. The molecule has 0 aromatic carbocycles. The summed E-state index contributed by atoms with van der Waals surface area (Å²) in [6.45, 7) is 0. The minimum atomic E-state index is -2.95. The third kappa shape index (κ3) is 1.45. The Labute approximate surface area is 70.6 Å². The van der Waals surface area contributed by atoms with Gasteiger partial charge in [0.25, 0.3) is 6.43 Å². The van der Waals surface area contributed by atoms with Crippen LogP contribution in [-0.4, -0.2) is 10.1 Å². The van der Waals surface area contributed by atoms with Gasteiger partial charge in [0.1, 0.15) is 10.7 Å². The van der Waals surface area contributed by atoms with Crippen molar-refractivity contribution in [2.75, 3.05) is 0 Å². The summed E-state index contributed by atoms with van der Waals surface area (Å²) in [5.74, 6) is -2.12. The number of hydrogen-bond donors (Lipinski definition) is 1. The van der Waals surface area contributed by atoms with Gasteiger partial charge in [-0.1, -0.05) is 11.6 Å². The quantitative estimate of drug-likeness (QED) is 0.751. The summed E-state index contributed by atoms with van der Waals surface area (Å²) >= 11 is 5.12. The second-order valence-corrected chi connectivity index (χ2v) is 2.34. The molecule has 0 bridgehead atoms. The molecule has 0 saturated carbocycles. The van der Waals surface area contributed by atoms with E-state index in [-0.39, 0.29) is 0 Å². The molecule has 0 unspecified atom stereocenters. The minimum Gasteiger partial charge on any atom is -0.504 e. The van der Waals surface area contributed by atoms with Gasteiger partial charge in [0, 0.05) is 0 Å². The van der Waals surface area contributed by atoms with Crippen LogP contribution in [0.3, 0.4) is 0 Å². The van der Waals surface area contributed by atoms with E-state index < -0.39 is 28.7 Å².